The van der Waals surface area contributed by atoms with Gasteiger partial charge in [0.1, 0.15) is 5.82 Å². The number of hydrogen-bond acceptors (Lipinski definition) is 1. The average Bonchev–Trinajstić information content (AvgIpc) is 3.13. The number of halogens is 1. The molecule has 0 saturated heterocycles. The van der Waals surface area contributed by atoms with E-state index < -0.39 is 0 Å². The van der Waals surface area contributed by atoms with E-state index in [9.17, 15) is 0 Å². The molecule has 2 aliphatic rings. The Hall–Kier alpha value is -1.02. The van der Waals surface area contributed by atoms with Gasteiger partial charge in [0.25, 0.3) is 0 Å². The summed E-state index contributed by atoms with van der Waals surface area (Å²) < 4.78 is 2.42. The summed E-state index contributed by atoms with van der Waals surface area (Å²) in [5, 5.41) is -0.0320. The molecule has 1 heterocycles. The molecule has 0 N–H and O–H groups in total. The molecule has 2 nitrogen and oxygen atoms in total. The van der Waals surface area contributed by atoms with E-state index in [1.165, 1.54) is 36.8 Å². The fourth-order valence-corrected chi connectivity index (χ4v) is 4.87. The van der Waals surface area contributed by atoms with E-state index in [-0.39, 0.29) is 5.38 Å². The van der Waals surface area contributed by atoms with Gasteiger partial charge in [-0.15, -0.1) is 11.6 Å². The van der Waals surface area contributed by atoms with Crippen LogP contribution in [0.5, 0.6) is 0 Å². The van der Waals surface area contributed by atoms with E-state index in [0.29, 0.717) is 0 Å². The summed E-state index contributed by atoms with van der Waals surface area (Å²) >= 11 is 6.41. The highest BCUT2D eigenvalue weighted by Gasteiger charge is 2.39. The lowest BCUT2D eigenvalue weighted by atomic mass is 9.88. The number of aromatic nitrogens is 2. The van der Waals surface area contributed by atoms with Crippen LogP contribution in [0.2, 0.25) is 0 Å². The molecule has 1 aromatic heterocycles. The van der Waals surface area contributed by atoms with Gasteiger partial charge >= 0.3 is 0 Å². The van der Waals surface area contributed by atoms with E-state index in [1.54, 1.807) is 0 Å². The summed E-state index contributed by atoms with van der Waals surface area (Å²) in [6.45, 7) is 5.33. The van der Waals surface area contributed by atoms with Gasteiger partial charge in [-0.1, -0.05) is 18.6 Å². The summed E-state index contributed by atoms with van der Waals surface area (Å²) in [4.78, 5) is 4.81. The molecule has 0 amide bonds. The van der Waals surface area contributed by atoms with Crippen molar-refractivity contribution in [2.24, 2.45) is 17.8 Å². The predicted molar refractivity (Wildman–Crippen MR) is 87.7 cm³/mol. The molecule has 112 valence electrons. The second-order valence-corrected chi connectivity index (χ2v) is 7.73. The smallest absolute Gasteiger partial charge is 0.127 e. The number of para-hydroxylation sites is 1. The van der Waals surface area contributed by atoms with Crippen LogP contribution in [-0.2, 0) is 6.54 Å². The van der Waals surface area contributed by atoms with Crippen molar-refractivity contribution in [3.8, 4) is 0 Å². The number of imidazole rings is 1. The summed E-state index contributed by atoms with van der Waals surface area (Å²) in [5.74, 6) is 3.81. The SMILES string of the molecule is Cc1cccc2nc(C(C)Cl)n(CC3CC4CCC3C4)c12. The Morgan fingerprint density at radius 3 is 2.86 bits per heavy atom. The van der Waals surface area contributed by atoms with Crippen LogP contribution < -0.4 is 0 Å². The number of nitrogens with zero attached hydrogens (tertiary/aromatic N) is 2. The van der Waals surface area contributed by atoms with Crippen LogP contribution in [-0.4, -0.2) is 9.55 Å². The molecule has 4 atom stereocenters. The van der Waals surface area contributed by atoms with Crippen molar-refractivity contribution in [1.82, 2.24) is 9.55 Å². The predicted octanol–water partition coefficient (Wildman–Crippen LogP) is 5.08. The Bertz CT molecular complexity index is 673. The number of alkyl halides is 1. The molecule has 1 aromatic carbocycles. The summed E-state index contributed by atoms with van der Waals surface area (Å²) in [5.41, 5.74) is 3.70. The largest absolute Gasteiger partial charge is 0.326 e. The first-order valence-electron chi connectivity index (χ1n) is 8.23. The average molecular weight is 303 g/mol. The minimum Gasteiger partial charge on any atom is -0.326 e. The molecule has 0 radical (unpaired) electrons. The van der Waals surface area contributed by atoms with Gasteiger partial charge in [0.05, 0.1) is 16.4 Å². The highest BCUT2D eigenvalue weighted by molar-refractivity contribution is 6.20. The molecule has 2 aliphatic carbocycles. The molecule has 2 fully saturated rings. The first kappa shape index (κ1) is 13.6. The lowest BCUT2D eigenvalue weighted by molar-refractivity contribution is 0.295. The normalized spacial score (nSPS) is 29.4. The van der Waals surface area contributed by atoms with Gasteiger partial charge in [0.15, 0.2) is 0 Å². The first-order valence-corrected chi connectivity index (χ1v) is 8.67. The van der Waals surface area contributed by atoms with Gasteiger partial charge in [0.2, 0.25) is 0 Å². The third-order valence-electron chi connectivity index (χ3n) is 5.66. The standard InChI is InChI=1S/C18H23ClN2/c1-11-4-3-5-16-17(11)21(18(20-16)12(2)19)10-15-9-13-6-7-14(15)8-13/h3-5,12-15H,6-10H2,1-2H3. The van der Waals surface area contributed by atoms with Crippen molar-refractivity contribution in [3.63, 3.8) is 0 Å². The minimum atomic E-state index is -0.0320. The number of fused-ring (bicyclic) bond motifs is 3. The Kier molecular flexibility index (Phi) is 3.25. The topological polar surface area (TPSA) is 17.8 Å². The van der Waals surface area contributed by atoms with Gasteiger partial charge in [-0.25, -0.2) is 4.98 Å². The molecule has 4 unspecified atom stereocenters. The fourth-order valence-electron chi connectivity index (χ4n) is 4.71. The van der Waals surface area contributed by atoms with E-state index in [2.05, 4.69) is 29.7 Å². The minimum absolute atomic E-state index is 0.0320. The number of rotatable bonds is 3. The molecular formula is C18H23ClN2. The van der Waals surface area contributed by atoms with E-state index in [0.717, 1.165) is 35.6 Å². The highest BCUT2D eigenvalue weighted by atomic mass is 35.5. The Morgan fingerprint density at radius 2 is 2.19 bits per heavy atom. The zero-order valence-corrected chi connectivity index (χ0v) is 13.6. The summed E-state index contributed by atoms with van der Waals surface area (Å²) in [6, 6.07) is 6.39. The quantitative estimate of drug-likeness (QED) is 0.723. The molecule has 3 heteroatoms. The van der Waals surface area contributed by atoms with Gasteiger partial charge < -0.3 is 4.57 Å². The first-order chi connectivity index (χ1) is 10.1. The zero-order valence-electron chi connectivity index (χ0n) is 12.8. The van der Waals surface area contributed by atoms with Gasteiger partial charge in [-0.3, -0.25) is 0 Å². The molecule has 2 bridgehead atoms. The molecule has 0 aliphatic heterocycles. The lowest BCUT2D eigenvalue weighted by Gasteiger charge is -2.24. The van der Waals surface area contributed by atoms with Gasteiger partial charge in [-0.2, -0.15) is 0 Å². The maximum Gasteiger partial charge on any atom is 0.127 e. The molecule has 2 aromatic rings. The summed E-state index contributed by atoms with van der Waals surface area (Å²) in [6.07, 6.45) is 5.77. The molecule has 21 heavy (non-hydrogen) atoms. The second-order valence-electron chi connectivity index (χ2n) is 7.07. The highest BCUT2D eigenvalue weighted by Crippen LogP contribution is 2.49. The molecule has 4 rings (SSSR count). The Morgan fingerprint density at radius 1 is 1.33 bits per heavy atom. The van der Waals surface area contributed by atoms with Crippen LogP contribution in [0.4, 0.5) is 0 Å². The number of hydrogen-bond donors (Lipinski definition) is 0. The van der Waals surface area contributed by atoms with Crippen LogP contribution in [0.1, 0.15) is 49.4 Å². The second kappa shape index (κ2) is 5.01. The van der Waals surface area contributed by atoms with Crippen molar-refractivity contribution in [2.75, 3.05) is 0 Å². The van der Waals surface area contributed by atoms with Crippen LogP contribution in [0.15, 0.2) is 18.2 Å². The fraction of sp³-hybridized carbons (Fsp3) is 0.611. The van der Waals surface area contributed by atoms with E-state index in [4.69, 9.17) is 16.6 Å². The van der Waals surface area contributed by atoms with E-state index in [1.807, 2.05) is 6.92 Å². The number of aryl methyl sites for hydroxylation is 1. The van der Waals surface area contributed by atoms with Crippen molar-refractivity contribution < 1.29 is 0 Å². The molecular weight excluding hydrogens is 280 g/mol. The zero-order chi connectivity index (χ0) is 14.6. The van der Waals surface area contributed by atoms with Crippen LogP contribution in [0.3, 0.4) is 0 Å². The van der Waals surface area contributed by atoms with Crippen molar-refractivity contribution in [2.45, 2.75) is 51.5 Å². The maximum absolute atomic E-state index is 6.41. The Labute approximate surface area is 131 Å². The third kappa shape index (κ3) is 2.19. The molecule has 0 spiro atoms. The molecule has 2 saturated carbocycles. The van der Waals surface area contributed by atoms with Crippen molar-refractivity contribution >= 4 is 22.6 Å². The van der Waals surface area contributed by atoms with Crippen molar-refractivity contribution in [3.05, 3.63) is 29.6 Å². The third-order valence-corrected chi connectivity index (χ3v) is 5.85. The van der Waals surface area contributed by atoms with Crippen LogP contribution in [0.25, 0.3) is 11.0 Å². The van der Waals surface area contributed by atoms with Gasteiger partial charge in [0, 0.05) is 6.54 Å². The lowest BCUT2D eigenvalue weighted by Crippen LogP contribution is -2.19. The van der Waals surface area contributed by atoms with Crippen LogP contribution >= 0.6 is 11.6 Å². The van der Waals surface area contributed by atoms with Gasteiger partial charge in [-0.05, 0) is 62.5 Å². The Balaban J connectivity index is 1.77. The summed E-state index contributed by atoms with van der Waals surface area (Å²) in [7, 11) is 0. The monoisotopic (exact) mass is 302 g/mol. The maximum atomic E-state index is 6.41. The van der Waals surface area contributed by atoms with Crippen molar-refractivity contribution in [1.29, 1.82) is 0 Å². The van der Waals surface area contributed by atoms with E-state index >= 15 is 0 Å². The van der Waals surface area contributed by atoms with Crippen LogP contribution in [0, 0.1) is 24.7 Å². The number of benzene rings is 1.